The standard InChI is InChI=1S/C21H28N4O2/c1-2-6-18-17(5-1)22-20-19(23-8-12-26-13-9-23)16-4-3-7-21(16,25(18)20)24-10-14-27-15-11-24/h1-2,5-6,16,19H,3-4,7-15H2/t16-,19-,21-/m0/s1. The SMILES string of the molecule is c1ccc2c(c1)nc1n2[C@@]2(N3CCOCC3)CCC[C@H]2[C@@H]1N1CCOCC1. The van der Waals surface area contributed by atoms with Crippen LogP contribution in [0.5, 0.6) is 0 Å². The van der Waals surface area contributed by atoms with Crippen LogP contribution in [0.1, 0.15) is 31.1 Å². The summed E-state index contributed by atoms with van der Waals surface area (Å²) in [7, 11) is 0. The van der Waals surface area contributed by atoms with Gasteiger partial charge < -0.3 is 14.0 Å². The molecule has 1 saturated carbocycles. The Morgan fingerprint density at radius 3 is 2.52 bits per heavy atom. The predicted octanol–water partition coefficient (Wildman–Crippen LogP) is 2.21. The van der Waals surface area contributed by atoms with Gasteiger partial charge in [0.15, 0.2) is 0 Å². The van der Waals surface area contributed by atoms with Crippen molar-refractivity contribution < 1.29 is 9.47 Å². The van der Waals surface area contributed by atoms with Crippen LogP contribution in [-0.2, 0) is 15.1 Å². The van der Waals surface area contributed by atoms with Gasteiger partial charge in [-0.15, -0.1) is 0 Å². The van der Waals surface area contributed by atoms with Crippen molar-refractivity contribution >= 4 is 11.0 Å². The van der Waals surface area contributed by atoms with Gasteiger partial charge in [0.05, 0.1) is 43.5 Å². The molecule has 3 aliphatic heterocycles. The smallest absolute Gasteiger partial charge is 0.129 e. The third-order valence-corrected chi connectivity index (χ3v) is 7.27. The highest BCUT2D eigenvalue weighted by Crippen LogP contribution is 2.58. The summed E-state index contributed by atoms with van der Waals surface area (Å²) in [5, 5.41) is 0. The number of fused-ring (bicyclic) bond motifs is 5. The Morgan fingerprint density at radius 1 is 0.963 bits per heavy atom. The van der Waals surface area contributed by atoms with Gasteiger partial charge >= 0.3 is 0 Å². The third kappa shape index (κ3) is 2.24. The van der Waals surface area contributed by atoms with Crippen molar-refractivity contribution in [3.05, 3.63) is 30.1 Å². The fourth-order valence-corrected chi connectivity index (χ4v) is 6.27. The predicted molar refractivity (Wildman–Crippen MR) is 103 cm³/mol. The summed E-state index contributed by atoms with van der Waals surface area (Å²) in [5.41, 5.74) is 2.52. The molecule has 6 heteroatoms. The largest absolute Gasteiger partial charge is 0.379 e. The monoisotopic (exact) mass is 368 g/mol. The number of benzene rings is 1. The second-order valence-corrected chi connectivity index (χ2v) is 8.36. The molecule has 144 valence electrons. The molecule has 0 amide bonds. The summed E-state index contributed by atoms with van der Waals surface area (Å²) < 4.78 is 14.0. The van der Waals surface area contributed by atoms with Gasteiger partial charge in [-0.05, 0) is 31.4 Å². The van der Waals surface area contributed by atoms with Gasteiger partial charge in [0.1, 0.15) is 11.5 Å². The Kier molecular flexibility index (Phi) is 3.83. The van der Waals surface area contributed by atoms with E-state index in [-0.39, 0.29) is 5.66 Å². The number of hydrogen-bond donors (Lipinski definition) is 0. The fourth-order valence-electron chi connectivity index (χ4n) is 6.27. The van der Waals surface area contributed by atoms with E-state index in [1.165, 1.54) is 30.6 Å². The van der Waals surface area contributed by atoms with Crippen molar-refractivity contribution in [1.29, 1.82) is 0 Å². The van der Waals surface area contributed by atoms with E-state index < -0.39 is 0 Å². The summed E-state index contributed by atoms with van der Waals surface area (Å²) in [6.45, 7) is 7.46. The molecule has 0 spiro atoms. The van der Waals surface area contributed by atoms with Crippen molar-refractivity contribution in [1.82, 2.24) is 19.4 Å². The normalized spacial score (nSPS) is 34.8. The zero-order chi connectivity index (χ0) is 17.8. The van der Waals surface area contributed by atoms with E-state index in [2.05, 4.69) is 38.6 Å². The van der Waals surface area contributed by atoms with E-state index in [0.717, 1.165) is 58.1 Å². The fraction of sp³-hybridized carbons (Fsp3) is 0.667. The van der Waals surface area contributed by atoms with Crippen molar-refractivity contribution in [3.63, 3.8) is 0 Å². The Morgan fingerprint density at radius 2 is 1.70 bits per heavy atom. The lowest BCUT2D eigenvalue weighted by atomic mass is 9.89. The van der Waals surface area contributed by atoms with Gasteiger partial charge in [-0.1, -0.05) is 12.1 Å². The van der Waals surface area contributed by atoms with Crippen molar-refractivity contribution in [3.8, 4) is 0 Å². The Hall–Kier alpha value is -1.47. The zero-order valence-corrected chi connectivity index (χ0v) is 15.8. The van der Waals surface area contributed by atoms with Crippen LogP contribution in [0.3, 0.4) is 0 Å². The first-order chi connectivity index (χ1) is 13.4. The zero-order valence-electron chi connectivity index (χ0n) is 15.8. The quantitative estimate of drug-likeness (QED) is 0.813. The summed E-state index contributed by atoms with van der Waals surface area (Å²) in [6.07, 6.45) is 3.82. The van der Waals surface area contributed by atoms with Crippen LogP contribution in [0.15, 0.2) is 24.3 Å². The lowest BCUT2D eigenvalue weighted by Crippen LogP contribution is -2.55. The van der Waals surface area contributed by atoms with Gasteiger partial charge in [0.25, 0.3) is 0 Å². The van der Waals surface area contributed by atoms with Gasteiger partial charge in [-0.3, -0.25) is 9.80 Å². The number of rotatable bonds is 2. The number of hydrogen-bond acceptors (Lipinski definition) is 5. The molecule has 3 fully saturated rings. The van der Waals surface area contributed by atoms with Crippen LogP contribution in [-0.4, -0.2) is 72.0 Å². The second kappa shape index (κ2) is 6.27. The summed E-state index contributed by atoms with van der Waals surface area (Å²) in [6, 6.07) is 9.13. The van der Waals surface area contributed by atoms with E-state index in [1.807, 2.05) is 0 Å². The van der Waals surface area contributed by atoms with Gasteiger partial charge in [0, 0.05) is 32.1 Å². The highest BCUT2D eigenvalue weighted by molar-refractivity contribution is 5.77. The summed E-state index contributed by atoms with van der Waals surface area (Å²) >= 11 is 0. The first-order valence-corrected chi connectivity index (χ1v) is 10.5. The van der Waals surface area contributed by atoms with Gasteiger partial charge in [-0.2, -0.15) is 0 Å². The Balaban J connectivity index is 1.55. The highest BCUT2D eigenvalue weighted by Gasteiger charge is 2.60. The Labute approximate surface area is 160 Å². The maximum absolute atomic E-state index is 5.71. The molecular weight excluding hydrogens is 340 g/mol. The molecule has 2 saturated heterocycles. The number of para-hydroxylation sites is 2. The summed E-state index contributed by atoms with van der Waals surface area (Å²) in [5.74, 6) is 1.90. The maximum atomic E-state index is 5.71. The molecule has 0 bridgehead atoms. The molecule has 1 aromatic carbocycles. The van der Waals surface area contributed by atoms with Crippen molar-refractivity contribution in [2.75, 3.05) is 52.6 Å². The number of aromatic nitrogens is 2. The lowest BCUT2D eigenvalue weighted by Gasteiger charge is -2.46. The Bertz CT molecular complexity index is 840. The van der Waals surface area contributed by atoms with E-state index in [9.17, 15) is 0 Å². The molecule has 4 heterocycles. The van der Waals surface area contributed by atoms with Crippen LogP contribution in [0.2, 0.25) is 0 Å². The molecular formula is C21H28N4O2. The molecule has 2 aromatic rings. The minimum absolute atomic E-state index is 0.0676. The summed E-state index contributed by atoms with van der Waals surface area (Å²) in [4.78, 5) is 10.6. The first kappa shape index (κ1) is 16.5. The molecule has 27 heavy (non-hydrogen) atoms. The van der Waals surface area contributed by atoms with Crippen LogP contribution in [0.25, 0.3) is 11.0 Å². The molecule has 6 rings (SSSR count). The van der Waals surface area contributed by atoms with Crippen LogP contribution < -0.4 is 0 Å². The minimum atomic E-state index is 0.0676. The number of imidazole rings is 1. The lowest BCUT2D eigenvalue weighted by molar-refractivity contribution is -0.0821. The van der Waals surface area contributed by atoms with E-state index in [1.54, 1.807) is 0 Å². The molecule has 6 nitrogen and oxygen atoms in total. The number of nitrogens with zero attached hydrogens (tertiary/aromatic N) is 4. The van der Waals surface area contributed by atoms with E-state index in [4.69, 9.17) is 14.5 Å². The maximum Gasteiger partial charge on any atom is 0.129 e. The molecule has 1 aromatic heterocycles. The van der Waals surface area contributed by atoms with E-state index in [0.29, 0.717) is 12.0 Å². The first-order valence-electron chi connectivity index (χ1n) is 10.5. The second-order valence-electron chi connectivity index (χ2n) is 8.36. The average Bonchev–Trinajstić information content (AvgIpc) is 3.38. The topological polar surface area (TPSA) is 42.8 Å². The molecule has 0 N–H and O–H groups in total. The van der Waals surface area contributed by atoms with Crippen LogP contribution in [0, 0.1) is 5.92 Å². The molecule has 1 aliphatic carbocycles. The van der Waals surface area contributed by atoms with Crippen molar-refractivity contribution in [2.45, 2.75) is 31.0 Å². The average molecular weight is 368 g/mol. The number of morpholine rings is 2. The van der Waals surface area contributed by atoms with Crippen LogP contribution >= 0.6 is 0 Å². The van der Waals surface area contributed by atoms with E-state index >= 15 is 0 Å². The van der Waals surface area contributed by atoms with Crippen LogP contribution in [0.4, 0.5) is 0 Å². The minimum Gasteiger partial charge on any atom is -0.379 e. The number of ether oxygens (including phenoxy) is 2. The molecule has 0 radical (unpaired) electrons. The molecule has 3 atom stereocenters. The molecule has 0 unspecified atom stereocenters. The molecule has 4 aliphatic rings. The van der Waals surface area contributed by atoms with Crippen molar-refractivity contribution in [2.24, 2.45) is 5.92 Å². The van der Waals surface area contributed by atoms with Gasteiger partial charge in [0.2, 0.25) is 0 Å². The highest BCUT2D eigenvalue weighted by atomic mass is 16.5. The third-order valence-electron chi connectivity index (χ3n) is 7.27. The van der Waals surface area contributed by atoms with Gasteiger partial charge in [-0.25, -0.2) is 4.98 Å².